The molecule has 3 rings (SSSR count). The monoisotopic (exact) mass is 310 g/mol. The number of hydrogen-bond donors (Lipinski definition) is 1. The van der Waals surface area contributed by atoms with Crippen LogP contribution in [0.4, 0.5) is 5.00 Å². The van der Waals surface area contributed by atoms with Crippen LogP contribution in [0, 0.1) is 25.2 Å². The summed E-state index contributed by atoms with van der Waals surface area (Å²) in [5.41, 5.74) is 5.24. The number of benzene rings is 1. The standard InChI is InChI=1S/C18H18N2OS/c1-11-6-7-13(8-12(11)2)9-17(21)20-18-15(10-19)14-4-3-5-16(14)22-18/h6-8H,3-5,9H2,1-2H3,(H,20,21). The third kappa shape index (κ3) is 2.77. The Labute approximate surface area is 134 Å². The number of anilines is 1. The zero-order valence-electron chi connectivity index (χ0n) is 12.8. The number of carbonyl (C=O) groups is 1. The van der Waals surface area contributed by atoms with Crippen molar-refractivity contribution < 1.29 is 4.79 Å². The van der Waals surface area contributed by atoms with E-state index in [0.717, 1.165) is 35.4 Å². The molecule has 0 saturated carbocycles. The zero-order valence-corrected chi connectivity index (χ0v) is 13.6. The van der Waals surface area contributed by atoms with Crippen LogP contribution in [0.2, 0.25) is 0 Å². The van der Waals surface area contributed by atoms with Crippen molar-refractivity contribution in [1.29, 1.82) is 5.26 Å². The maximum Gasteiger partial charge on any atom is 0.229 e. The van der Waals surface area contributed by atoms with Crippen LogP contribution in [0.5, 0.6) is 0 Å². The second-order valence-corrected chi connectivity index (χ2v) is 6.92. The first-order valence-corrected chi connectivity index (χ1v) is 8.30. The first-order chi connectivity index (χ1) is 10.6. The molecule has 2 aromatic rings. The van der Waals surface area contributed by atoms with Gasteiger partial charge in [0.2, 0.25) is 5.91 Å². The van der Waals surface area contributed by atoms with Gasteiger partial charge in [-0.15, -0.1) is 11.3 Å². The predicted octanol–water partition coefficient (Wildman–Crippen LogP) is 3.91. The van der Waals surface area contributed by atoms with Gasteiger partial charge < -0.3 is 5.32 Å². The summed E-state index contributed by atoms with van der Waals surface area (Å²) in [6.45, 7) is 4.11. The van der Waals surface area contributed by atoms with Gasteiger partial charge in [-0.3, -0.25) is 4.79 Å². The van der Waals surface area contributed by atoms with Crippen LogP contribution in [-0.4, -0.2) is 5.91 Å². The maximum atomic E-state index is 12.3. The molecule has 1 aliphatic rings. The highest BCUT2D eigenvalue weighted by molar-refractivity contribution is 7.16. The Bertz CT molecular complexity index is 783. The third-order valence-corrected chi connectivity index (χ3v) is 5.43. The Morgan fingerprint density at radius 1 is 1.32 bits per heavy atom. The molecule has 1 N–H and O–H groups in total. The summed E-state index contributed by atoms with van der Waals surface area (Å²) in [6.07, 6.45) is 3.45. The minimum Gasteiger partial charge on any atom is -0.316 e. The molecule has 0 atom stereocenters. The van der Waals surface area contributed by atoms with Gasteiger partial charge in [-0.05, 0) is 55.4 Å². The molecule has 1 heterocycles. The van der Waals surface area contributed by atoms with Crippen molar-refractivity contribution in [2.45, 2.75) is 39.5 Å². The summed E-state index contributed by atoms with van der Waals surface area (Å²) in [6, 6.07) is 8.34. The lowest BCUT2D eigenvalue weighted by molar-refractivity contribution is -0.115. The van der Waals surface area contributed by atoms with Gasteiger partial charge in [0, 0.05) is 4.88 Å². The van der Waals surface area contributed by atoms with Crippen LogP contribution in [-0.2, 0) is 24.1 Å². The number of aryl methyl sites for hydroxylation is 3. The Hall–Kier alpha value is -2.12. The number of amides is 1. The van der Waals surface area contributed by atoms with Gasteiger partial charge in [0.15, 0.2) is 0 Å². The first kappa shape index (κ1) is 14.8. The zero-order chi connectivity index (χ0) is 15.7. The molecule has 1 aliphatic carbocycles. The highest BCUT2D eigenvalue weighted by atomic mass is 32.1. The van der Waals surface area contributed by atoms with Gasteiger partial charge in [0.25, 0.3) is 0 Å². The molecule has 0 radical (unpaired) electrons. The fourth-order valence-corrected chi connectivity index (χ4v) is 4.14. The number of nitrogens with zero attached hydrogens (tertiary/aromatic N) is 1. The number of thiophene rings is 1. The summed E-state index contributed by atoms with van der Waals surface area (Å²) < 4.78 is 0. The van der Waals surface area contributed by atoms with Gasteiger partial charge in [-0.1, -0.05) is 18.2 Å². The van der Waals surface area contributed by atoms with Crippen molar-refractivity contribution in [3.05, 3.63) is 50.9 Å². The van der Waals surface area contributed by atoms with Crippen molar-refractivity contribution in [1.82, 2.24) is 0 Å². The van der Waals surface area contributed by atoms with E-state index >= 15 is 0 Å². The van der Waals surface area contributed by atoms with E-state index in [1.165, 1.54) is 16.0 Å². The van der Waals surface area contributed by atoms with E-state index in [1.807, 2.05) is 19.1 Å². The Balaban J connectivity index is 1.75. The van der Waals surface area contributed by atoms with Gasteiger partial charge in [-0.2, -0.15) is 5.26 Å². The minimum absolute atomic E-state index is 0.0559. The van der Waals surface area contributed by atoms with E-state index in [0.29, 0.717) is 12.0 Å². The normalized spacial score (nSPS) is 12.8. The van der Waals surface area contributed by atoms with Gasteiger partial charge >= 0.3 is 0 Å². The average molecular weight is 310 g/mol. The van der Waals surface area contributed by atoms with E-state index in [1.54, 1.807) is 11.3 Å². The Kier molecular flexibility index (Phi) is 4.00. The van der Waals surface area contributed by atoms with E-state index in [9.17, 15) is 10.1 Å². The second kappa shape index (κ2) is 5.94. The van der Waals surface area contributed by atoms with Crippen LogP contribution in [0.3, 0.4) is 0 Å². The molecule has 0 aliphatic heterocycles. The SMILES string of the molecule is Cc1ccc(CC(=O)Nc2sc3c(c2C#N)CCC3)cc1C. The van der Waals surface area contributed by atoms with Crippen molar-refractivity contribution in [2.24, 2.45) is 0 Å². The molecule has 22 heavy (non-hydrogen) atoms. The molecule has 0 unspecified atom stereocenters. The molecule has 0 spiro atoms. The molecule has 112 valence electrons. The topological polar surface area (TPSA) is 52.9 Å². The Morgan fingerprint density at radius 2 is 2.14 bits per heavy atom. The molecular formula is C18H18N2OS. The molecular weight excluding hydrogens is 292 g/mol. The summed E-state index contributed by atoms with van der Waals surface area (Å²) in [5.74, 6) is -0.0559. The number of fused-ring (bicyclic) bond motifs is 1. The number of carbonyl (C=O) groups excluding carboxylic acids is 1. The van der Waals surface area contributed by atoms with E-state index in [2.05, 4.69) is 24.4 Å². The molecule has 0 bridgehead atoms. The quantitative estimate of drug-likeness (QED) is 0.934. The molecule has 1 aromatic heterocycles. The Morgan fingerprint density at radius 3 is 2.86 bits per heavy atom. The number of hydrogen-bond acceptors (Lipinski definition) is 3. The van der Waals surface area contributed by atoms with E-state index in [-0.39, 0.29) is 5.91 Å². The summed E-state index contributed by atoms with van der Waals surface area (Å²) in [4.78, 5) is 13.5. The summed E-state index contributed by atoms with van der Waals surface area (Å²) >= 11 is 1.56. The van der Waals surface area contributed by atoms with Crippen LogP contribution >= 0.6 is 11.3 Å². The van der Waals surface area contributed by atoms with Crippen molar-refractivity contribution >= 4 is 22.2 Å². The number of nitrogens with one attached hydrogen (secondary N) is 1. The van der Waals surface area contributed by atoms with Crippen LogP contribution in [0.15, 0.2) is 18.2 Å². The minimum atomic E-state index is -0.0559. The fraction of sp³-hybridized carbons (Fsp3) is 0.333. The highest BCUT2D eigenvalue weighted by Gasteiger charge is 2.23. The number of rotatable bonds is 3. The maximum absolute atomic E-state index is 12.3. The molecule has 1 aromatic carbocycles. The molecule has 0 fully saturated rings. The molecule has 1 amide bonds. The summed E-state index contributed by atoms with van der Waals surface area (Å²) in [7, 11) is 0. The molecule has 4 heteroatoms. The van der Waals surface area contributed by atoms with Crippen molar-refractivity contribution in [3.63, 3.8) is 0 Å². The first-order valence-electron chi connectivity index (χ1n) is 7.49. The van der Waals surface area contributed by atoms with E-state index in [4.69, 9.17) is 0 Å². The smallest absolute Gasteiger partial charge is 0.229 e. The van der Waals surface area contributed by atoms with Crippen LogP contribution in [0.25, 0.3) is 0 Å². The lowest BCUT2D eigenvalue weighted by Crippen LogP contribution is -2.14. The predicted molar refractivity (Wildman–Crippen MR) is 89.3 cm³/mol. The number of nitriles is 1. The molecule has 3 nitrogen and oxygen atoms in total. The highest BCUT2D eigenvalue weighted by Crippen LogP contribution is 2.38. The average Bonchev–Trinajstić information content (AvgIpc) is 3.03. The fourth-order valence-electron chi connectivity index (χ4n) is 2.88. The summed E-state index contributed by atoms with van der Waals surface area (Å²) in [5, 5.41) is 13.0. The van der Waals surface area contributed by atoms with E-state index < -0.39 is 0 Å². The van der Waals surface area contributed by atoms with Crippen molar-refractivity contribution in [2.75, 3.05) is 5.32 Å². The largest absolute Gasteiger partial charge is 0.316 e. The van der Waals surface area contributed by atoms with Gasteiger partial charge in [0.1, 0.15) is 11.1 Å². The lowest BCUT2D eigenvalue weighted by Gasteiger charge is -2.06. The molecule has 0 saturated heterocycles. The van der Waals surface area contributed by atoms with Crippen molar-refractivity contribution in [3.8, 4) is 6.07 Å². The third-order valence-electron chi connectivity index (χ3n) is 4.22. The van der Waals surface area contributed by atoms with Gasteiger partial charge in [0.05, 0.1) is 12.0 Å². The second-order valence-electron chi connectivity index (χ2n) is 5.82. The van der Waals surface area contributed by atoms with Crippen LogP contribution in [0.1, 0.15) is 39.1 Å². The van der Waals surface area contributed by atoms with Gasteiger partial charge in [-0.25, -0.2) is 0 Å². The van der Waals surface area contributed by atoms with Crippen LogP contribution < -0.4 is 5.32 Å². The lowest BCUT2D eigenvalue weighted by atomic mass is 10.0.